The van der Waals surface area contributed by atoms with E-state index in [2.05, 4.69) is 5.32 Å². The Morgan fingerprint density at radius 3 is 2.43 bits per heavy atom. The zero-order valence-corrected chi connectivity index (χ0v) is 17.8. The van der Waals surface area contributed by atoms with E-state index >= 15 is 0 Å². The molecule has 1 heterocycles. The van der Waals surface area contributed by atoms with Crippen LogP contribution in [0.2, 0.25) is 5.02 Å². The maximum Gasteiger partial charge on any atom is 0.249 e. The van der Waals surface area contributed by atoms with E-state index in [1.165, 1.54) is 24.4 Å². The topological polar surface area (TPSA) is 75.7 Å². The fourth-order valence-electron chi connectivity index (χ4n) is 3.48. The second kappa shape index (κ2) is 7.29. The molecule has 1 amide bonds. The van der Waals surface area contributed by atoms with E-state index in [4.69, 9.17) is 16.3 Å². The highest BCUT2D eigenvalue weighted by Crippen LogP contribution is 2.40. The number of ether oxygens (including phenoxy) is 1. The molecule has 1 fully saturated rings. The van der Waals surface area contributed by atoms with Crippen LogP contribution in [0.25, 0.3) is 0 Å². The van der Waals surface area contributed by atoms with Gasteiger partial charge in [-0.3, -0.25) is 9.10 Å². The van der Waals surface area contributed by atoms with Crippen LogP contribution in [0.4, 0.5) is 11.4 Å². The zero-order valence-electron chi connectivity index (χ0n) is 16.2. The first-order chi connectivity index (χ1) is 13.1. The molecule has 0 saturated carbocycles. The molecule has 3 rings (SSSR count). The van der Waals surface area contributed by atoms with Gasteiger partial charge in [0, 0.05) is 12.2 Å². The number of sulfonamides is 1. The summed E-state index contributed by atoms with van der Waals surface area (Å²) in [5.74, 6) is -0.108. The lowest BCUT2D eigenvalue weighted by atomic mass is 10.1. The van der Waals surface area contributed by atoms with Gasteiger partial charge in [-0.25, -0.2) is 8.42 Å². The lowest BCUT2D eigenvalue weighted by Crippen LogP contribution is -2.47. The fraction of sp³-hybridized carbons (Fsp3) is 0.350. The van der Waals surface area contributed by atoms with E-state index in [1.807, 2.05) is 32.0 Å². The number of carbonyl (C=O) groups excluding carboxylic acids is 1. The van der Waals surface area contributed by atoms with Crippen molar-refractivity contribution in [1.29, 1.82) is 0 Å². The van der Waals surface area contributed by atoms with Gasteiger partial charge >= 0.3 is 0 Å². The summed E-state index contributed by atoms with van der Waals surface area (Å²) in [5.41, 5.74) is 2.77. The summed E-state index contributed by atoms with van der Waals surface area (Å²) in [5, 5.41) is 3.02. The molecule has 0 radical (unpaired) electrons. The summed E-state index contributed by atoms with van der Waals surface area (Å²) < 4.78 is 31.6. The number of anilines is 2. The number of halogens is 1. The van der Waals surface area contributed by atoms with Crippen molar-refractivity contribution in [2.45, 2.75) is 31.9 Å². The molecule has 6 nitrogen and oxygen atoms in total. The normalized spacial score (nSPS) is 20.8. The van der Waals surface area contributed by atoms with Crippen molar-refractivity contribution in [3.8, 4) is 5.75 Å². The molecule has 0 aliphatic carbocycles. The SMILES string of the molecule is COc1ccc(NC(=O)[C@@]2(C)CCN(c3c(C)cccc3C)S2(=O)=O)cc1Cl. The molecule has 0 spiro atoms. The Morgan fingerprint density at radius 1 is 1.21 bits per heavy atom. The maximum atomic E-state index is 13.3. The van der Waals surface area contributed by atoms with E-state index in [0.29, 0.717) is 22.1 Å². The van der Waals surface area contributed by atoms with Crippen LogP contribution in [0.3, 0.4) is 0 Å². The molecule has 0 unspecified atom stereocenters. The number of hydrogen-bond acceptors (Lipinski definition) is 4. The number of carbonyl (C=O) groups is 1. The molecule has 1 aliphatic heterocycles. The Balaban J connectivity index is 1.92. The summed E-state index contributed by atoms with van der Waals surface area (Å²) in [4.78, 5) is 13.0. The van der Waals surface area contributed by atoms with Gasteiger partial charge in [-0.1, -0.05) is 29.8 Å². The number of amides is 1. The second-order valence-corrected chi connectivity index (χ2v) is 9.80. The number of aryl methyl sites for hydroxylation is 2. The van der Waals surface area contributed by atoms with Crippen LogP contribution in [-0.2, 0) is 14.8 Å². The van der Waals surface area contributed by atoms with Crippen LogP contribution in [0.15, 0.2) is 36.4 Å². The minimum absolute atomic E-state index is 0.193. The van der Waals surface area contributed by atoms with Crippen molar-refractivity contribution >= 4 is 38.9 Å². The quantitative estimate of drug-likeness (QED) is 0.810. The van der Waals surface area contributed by atoms with Gasteiger partial charge in [0.15, 0.2) is 4.75 Å². The van der Waals surface area contributed by atoms with Crippen LogP contribution in [0.1, 0.15) is 24.5 Å². The molecule has 1 atom stereocenters. The molecular weight excluding hydrogens is 400 g/mol. The molecular formula is C20H23ClN2O4S. The van der Waals surface area contributed by atoms with Gasteiger partial charge in [-0.2, -0.15) is 0 Å². The largest absolute Gasteiger partial charge is 0.495 e. The molecule has 150 valence electrons. The Labute approximate surface area is 170 Å². The number of methoxy groups -OCH3 is 1. The van der Waals surface area contributed by atoms with Gasteiger partial charge in [0.2, 0.25) is 15.9 Å². The predicted molar refractivity (Wildman–Crippen MR) is 112 cm³/mol. The van der Waals surface area contributed by atoms with Crippen LogP contribution < -0.4 is 14.4 Å². The molecule has 8 heteroatoms. The first-order valence-corrected chi connectivity index (χ1v) is 10.7. The smallest absolute Gasteiger partial charge is 0.249 e. The lowest BCUT2D eigenvalue weighted by molar-refractivity contribution is -0.118. The highest BCUT2D eigenvalue weighted by molar-refractivity contribution is 7.95. The van der Waals surface area contributed by atoms with Crippen molar-refractivity contribution in [3.05, 3.63) is 52.5 Å². The minimum atomic E-state index is -3.90. The third-order valence-electron chi connectivity index (χ3n) is 5.23. The van der Waals surface area contributed by atoms with Gasteiger partial charge in [-0.15, -0.1) is 0 Å². The Bertz CT molecular complexity index is 1020. The van der Waals surface area contributed by atoms with Gasteiger partial charge < -0.3 is 10.1 Å². The predicted octanol–water partition coefficient (Wildman–Crippen LogP) is 3.90. The van der Waals surface area contributed by atoms with Crippen molar-refractivity contribution in [3.63, 3.8) is 0 Å². The van der Waals surface area contributed by atoms with E-state index in [9.17, 15) is 13.2 Å². The average Bonchev–Trinajstić information content (AvgIpc) is 2.86. The molecule has 1 aliphatic rings. The lowest BCUT2D eigenvalue weighted by Gasteiger charge is -2.27. The van der Waals surface area contributed by atoms with E-state index in [0.717, 1.165) is 11.1 Å². The minimum Gasteiger partial charge on any atom is -0.495 e. The van der Waals surface area contributed by atoms with Gasteiger partial charge in [0.1, 0.15) is 5.75 Å². The molecule has 0 bridgehead atoms. The number of rotatable bonds is 4. The van der Waals surface area contributed by atoms with Gasteiger partial charge in [0.25, 0.3) is 0 Å². The number of benzene rings is 2. The number of nitrogens with one attached hydrogen (secondary N) is 1. The molecule has 2 aromatic carbocycles. The standard InChI is InChI=1S/C20H23ClN2O4S/c1-13-6-5-7-14(2)18(13)23-11-10-20(3,28(23,25)26)19(24)22-15-8-9-17(27-4)16(21)12-15/h5-9,12H,10-11H2,1-4H3,(H,22,24)/t20-/m1/s1. The van der Waals surface area contributed by atoms with Crippen LogP contribution >= 0.6 is 11.6 Å². The molecule has 2 aromatic rings. The average molecular weight is 423 g/mol. The second-order valence-electron chi connectivity index (χ2n) is 7.10. The van der Waals surface area contributed by atoms with Gasteiger partial charge in [-0.05, 0) is 56.5 Å². The summed E-state index contributed by atoms with van der Waals surface area (Å²) in [6, 6.07) is 10.4. The van der Waals surface area contributed by atoms with Crippen molar-refractivity contribution in [1.82, 2.24) is 0 Å². The number of hydrogen-bond donors (Lipinski definition) is 1. The zero-order chi connectivity index (χ0) is 20.7. The van der Waals surface area contributed by atoms with Crippen molar-refractivity contribution in [2.24, 2.45) is 0 Å². The van der Waals surface area contributed by atoms with Crippen LogP contribution in [-0.4, -0.2) is 32.7 Å². The van der Waals surface area contributed by atoms with E-state index in [1.54, 1.807) is 12.1 Å². The monoisotopic (exact) mass is 422 g/mol. The summed E-state index contributed by atoms with van der Waals surface area (Å²) >= 11 is 6.10. The molecule has 1 N–H and O–H groups in total. The van der Waals surface area contributed by atoms with Gasteiger partial charge in [0.05, 0.1) is 17.8 Å². The van der Waals surface area contributed by atoms with E-state index < -0.39 is 20.7 Å². The highest BCUT2D eigenvalue weighted by atomic mass is 35.5. The first-order valence-electron chi connectivity index (χ1n) is 8.85. The highest BCUT2D eigenvalue weighted by Gasteiger charge is 2.55. The molecule has 1 saturated heterocycles. The summed E-state index contributed by atoms with van der Waals surface area (Å²) in [6.45, 7) is 5.46. The Kier molecular flexibility index (Phi) is 5.34. The third kappa shape index (κ3) is 3.22. The molecule has 28 heavy (non-hydrogen) atoms. The van der Waals surface area contributed by atoms with Crippen LogP contribution in [0.5, 0.6) is 5.75 Å². The maximum absolute atomic E-state index is 13.3. The number of nitrogens with zero attached hydrogens (tertiary/aromatic N) is 1. The van der Waals surface area contributed by atoms with E-state index in [-0.39, 0.29) is 13.0 Å². The first kappa shape index (κ1) is 20.5. The van der Waals surface area contributed by atoms with Crippen LogP contribution in [0, 0.1) is 13.8 Å². The Hall–Kier alpha value is -2.25. The third-order valence-corrected chi connectivity index (χ3v) is 8.00. The summed E-state index contributed by atoms with van der Waals surface area (Å²) in [7, 11) is -2.41. The van der Waals surface area contributed by atoms with Crippen molar-refractivity contribution in [2.75, 3.05) is 23.3 Å². The fourth-order valence-corrected chi connectivity index (χ4v) is 5.72. The molecule has 0 aromatic heterocycles. The summed E-state index contributed by atoms with van der Waals surface area (Å²) in [6.07, 6.45) is 0.193. The number of para-hydroxylation sites is 1. The van der Waals surface area contributed by atoms with Crippen molar-refractivity contribution < 1.29 is 17.9 Å². The Morgan fingerprint density at radius 2 is 1.86 bits per heavy atom.